The first-order valence-electron chi connectivity index (χ1n) is 9.27. The number of hydrogen-bond donors (Lipinski definition) is 1. The molecule has 2 heterocycles. The van der Waals surface area contributed by atoms with Crippen LogP contribution >= 0.6 is 11.3 Å². The molecule has 5 heteroatoms. The predicted molar refractivity (Wildman–Crippen MR) is 104 cm³/mol. The van der Waals surface area contributed by atoms with Crippen LogP contribution in [0.5, 0.6) is 0 Å². The predicted octanol–water partition coefficient (Wildman–Crippen LogP) is 3.37. The molecule has 4 rings (SSSR count). The number of amides is 2. The van der Waals surface area contributed by atoms with Gasteiger partial charge in [-0.05, 0) is 36.0 Å². The van der Waals surface area contributed by atoms with E-state index in [-0.39, 0.29) is 23.9 Å². The van der Waals surface area contributed by atoms with Gasteiger partial charge in [0.2, 0.25) is 5.91 Å². The summed E-state index contributed by atoms with van der Waals surface area (Å²) in [5, 5.41) is 4.97. The second kappa shape index (κ2) is 6.88. The van der Waals surface area contributed by atoms with Crippen molar-refractivity contribution in [2.75, 3.05) is 6.54 Å². The molecule has 1 aromatic heterocycles. The number of nitrogens with zero attached hydrogens (tertiary/aromatic N) is 1. The molecule has 136 valence electrons. The van der Waals surface area contributed by atoms with E-state index in [4.69, 9.17) is 0 Å². The normalized spacial score (nSPS) is 20.0. The van der Waals surface area contributed by atoms with E-state index in [1.165, 1.54) is 16.0 Å². The molecule has 1 aromatic carbocycles. The standard InChI is InChI=1S/C21H24N2O2S/c1-13(2)19-9-16(12-26-19)21(25)22-17-10-20(24)23(11-17)18-7-14-5-3-4-6-15(14)8-18/h3-6,9,12-13,17-18H,7-8,10-11H2,1-2H3,(H,22,25). The van der Waals surface area contributed by atoms with E-state index >= 15 is 0 Å². The van der Waals surface area contributed by atoms with Crippen LogP contribution in [0, 0.1) is 0 Å². The van der Waals surface area contributed by atoms with Crippen molar-refractivity contribution in [3.8, 4) is 0 Å². The fraction of sp³-hybridized carbons (Fsp3) is 0.429. The van der Waals surface area contributed by atoms with Gasteiger partial charge in [-0.1, -0.05) is 38.1 Å². The van der Waals surface area contributed by atoms with Crippen LogP contribution in [-0.2, 0) is 17.6 Å². The number of benzene rings is 1. The van der Waals surface area contributed by atoms with Crippen LogP contribution in [-0.4, -0.2) is 35.3 Å². The van der Waals surface area contributed by atoms with E-state index in [0.717, 1.165) is 12.8 Å². The molecule has 4 nitrogen and oxygen atoms in total. The second-order valence-corrected chi connectivity index (χ2v) is 8.59. The Morgan fingerprint density at radius 1 is 1.19 bits per heavy atom. The maximum Gasteiger partial charge on any atom is 0.252 e. The molecule has 0 bridgehead atoms. The van der Waals surface area contributed by atoms with Crippen LogP contribution in [0.4, 0.5) is 0 Å². The summed E-state index contributed by atoms with van der Waals surface area (Å²) in [5.41, 5.74) is 3.40. The molecule has 2 aromatic rings. The number of thiophene rings is 1. The average Bonchev–Trinajstić information content (AvgIpc) is 3.31. The van der Waals surface area contributed by atoms with Crippen molar-refractivity contribution >= 4 is 23.2 Å². The lowest BCUT2D eigenvalue weighted by Gasteiger charge is -2.24. The smallest absolute Gasteiger partial charge is 0.252 e. The summed E-state index contributed by atoms with van der Waals surface area (Å²) in [4.78, 5) is 28.2. The van der Waals surface area contributed by atoms with Crippen molar-refractivity contribution < 1.29 is 9.59 Å². The van der Waals surface area contributed by atoms with Gasteiger partial charge in [-0.25, -0.2) is 0 Å². The molecular weight excluding hydrogens is 344 g/mol. The van der Waals surface area contributed by atoms with E-state index < -0.39 is 0 Å². The summed E-state index contributed by atoms with van der Waals surface area (Å²) in [6.07, 6.45) is 2.25. The fourth-order valence-corrected chi connectivity index (χ4v) is 4.89. The van der Waals surface area contributed by atoms with Gasteiger partial charge in [0.25, 0.3) is 5.91 Å². The zero-order valence-electron chi connectivity index (χ0n) is 15.2. The Hall–Kier alpha value is -2.14. The third-order valence-electron chi connectivity index (χ3n) is 5.41. The monoisotopic (exact) mass is 368 g/mol. The quantitative estimate of drug-likeness (QED) is 0.899. The molecule has 0 saturated carbocycles. The number of likely N-dealkylation sites (tertiary alicyclic amines) is 1. The largest absolute Gasteiger partial charge is 0.347 e. The highest BCUT2D eigenvalue weighted by Gasteiger charge is 2.37. The number of hydrogen-bond acceptors (Lipinski definition) is 3. The molecule has 1 aliphatic carbocycles. The molecule has 0 radical (unpaired) electrons. The lowest BCUT2D eigenvalue weighted by Crippen LogP contribution is -2.41. The molecule has 1 fully saturated rings. The van der Waals surface area contributed by atoms with E-state index in [9.17, 15) is 9.59 Å². The molecule has 2 amide bonds. The van der Waals surface area contributed by atoms with Crippen molar-refractivity contribution in [1.29, 1.82) is 0 Å². The number of carbonyl (C=O) groups is 2. The van der Waals surface area contributed by atoms with Gasteiger partial charge in [-0.3, -0.25) is 9.59 Å². The Morgan fingerprint density at radius 3 is 2.50 bits per heavy atom. The Kier molecular flexibility index (Phi) is 4.57. The first-order valence-corrected chi connectivity index (χ1v) is 10.1. The van der Waals surface area contributed by atoms with Gasteiger partial charge in [0, 0.05) is 29.3 Å². The highest BCUT2D eigenvalue weighted by Crippen LogP contribution is 2.28. The summed E-state index contributed by atoms with van der Waals surface area (Å²) in [5.74, 6) is 0.512. The Bertz CT molecular complexity index is 817. The van der Waals surface area contributed by atoms with Gasteiger partial charge >= 0.3 is 0 Å². The number of fused-ring (bicyclic) bond motifs is 1. The van der Waals surface area contributed by atoms with Crippen molar-refractivity contribution in [2.45, 2.75) is 51.1 Å². The van der Waals surface area contributed by atoms with Gasteiger partial charge in [-0.2, -0.15) is 0 Å². The Morgan fingerprint density at radius 2 is 1.88 bits per heavy atom. The van der Waals surface area contributed by atoms with Crippen LogP contribution < -0.4 is 5.32 Å². The Labute approximate surface area is 158 Å². The zero-order valence-corrected chi connectivity index (χ0v) is 16.0. The van der Waals surface area contributed by atoms with Crippen molar-refractivity contribution in [3.63, 3.8) is 0 Å². The minimum absolute atomic E-state index is 0.0671. The summed E-state index contributed by atoms with van der Waals surface area (Å²) >= 11 is 1.62. The van der Waals surface area contributed by atoms with Gasteiger partial charge < -0.3 is 10.2 Å². The highest BCUT2D eigenvalue weighted by atomic mass is 32.1. The molecule has 1 aliphatic heterocycles. The van der Waals surface area contributed by atoms with Crippen LogP contribution in [0.1, 0.15) is 52.5 Å². The zero-order chi connectivity index (χ0) is 18.3. The Balaban J connectivity index is 1.38. The van der Waals surface area contributed by atoms with E-state index in [0.29, 0.717) is 24.4 Å². The molecule has 0 spiro atoms. The second-order valence-electron chi connectivity index (χ2n) is 7.64. The lowest BCUT2D eigenvalue weighted by molar-refractivity contribution is -0.129. The number of nitrogens with one attached hydrogen (secondary N) is 1. The third-order valence-corrected chi connectivity index (χ3v) is 6.65. The molecule has 1 atom stereocenters. The number of rotatable bonds is 4. The van der Waals surface area contributed by atoms with Gasteiger partial charge in [0.05, 0.1) is 11.6 Å². The van der Waals surface area contributed by atoms with E-state index in [2.05, 4.69) is 43.4 Å². The van der Waals surface area contributed by atoms with Crippen LogP contribution in [0.25, 0.3) is 0 Å². The minimum atomic E-state index is -0.0962. The van der Waals surface area contributed by atoms with E-state index in [1.807, 2.05) is 16.3 Å². The van der Waals surface area contributed by atoms with Gasteiger partial charge in [0.1, 0.15) is 0 Å². The minimum Gasteiger partial charge on any atom is -0.347 e. The SMILES string of the molecule is CC(C)c1cc(C(=O)NC2CC(=O)N(C3Cc4ccccc4C3)C2)cs1. The van der Waals surface area contributed by atoms with Crippen molar-refractivity contribution in [2.24, 2.45) is 0 Å². The average molecular weight is 369 g/mol. The van der Waals surface area contributed by atoms with Crippen LogP contribution in [0.3, 0.4) is 0 Å². The molecule has 1 unspecified atom stereocenters. The maximum atomic E-state index is 12.5. The van der Waals surface area contributed by atoms with Crippen molar-refractivity contribution in [3.05, 3.63) is 57.3 Å². The molecule has 1 N–H and O–H groups in total. The summed E-state index contributed by atoms with van der Waals surface area (Å²) in [6, 6.07) is 10.5. The van der Waals surface area contributed by atoms with Crippen LogP contribution in [0.2, 0.25) is 0 Å². The summed E-state index contributed by atoms with van der Waals surface area (Å²) < 4.78 is 0. The lowest BCUT2D eigenvalue weighted by atomic mass is 10.1. The van der Waals surface area contributed by atoms with Crippen molar-refractivity contribution in [1.82, 2.24) is 10.2 Å². The fourth-order valence-electron chi connectivity index (χ4n) is 3.98. The maximum absolute atomic E-state index is 12.5. The van der Waals surface area contributed by atoms with Gasteiger partial charge in [0.15, 0.2) is 0 Å². The third kappa shape index (κ3) is 3.28. The molecular formula is C21H24N2O2S. The first kappa shape index (κ1) is 17.3. The number of carbonyl (C=O) groups excluding carboxylic acids is 2. The first-order chi connectivity index (χ1) is 12.5. The molecule has 2 aliphatic rings. The van der Waals surface area contributed by atoms with Crippen LogP contribution in [0.15, 0.2) is 35.7 Å². The topological polar surface area (TPSA) is 49.4 Å². The highest BCUT2D eigenvalue weighted by molar-refractivity contribution is 7.10. The van der Waals surface area contributed by atoms with Gasteiger partial charge in [-0.15, -0.1) is 11.3 Å². The molecule has 1 saturated heterocycles. The molecule has 26 heavy (non-hydrogen) atoms. The summed E-state index contributed by atoms with van der Waals surface area (Å²) in [7, 11) is 0. The summed E-state index contributed by atoms with van der Waals surface area (Å²) in [6.45, 7) is 4.87. The van der Waals surface area contributed by atoms with E-state index in [1.54, 1.807) is 11.3 Å².